The molecule has 0 aromatic heterocycles. The highest BCUT2D eigenvalue weighted by molar-refractivity contribution is 5.34. The summed E-state index contributed by atoms with van der Waals surface area (Å²) in [6.07, 6.45) is 9.35. The van der Waals surface area contributed by atoms with Crippen LogP contribution in [0.3, 0.4) is 0 Å². The molecule has 1 nitrogen and oxygen atoms in total. The highest BCUT2D eigenvalue weighted by atomic mass is 14.2. The third-order valence-electron chi connectivity index (χ3n) is 1.95. The summed E-state index contributed by atoms with van der Waals surface area (Å²) in [6, 6.07) is 2.10. The summed E-state index contributed by atoms with van der Waals surface area (Å²) in [5.74, 6) is 0.581. The second kappa shape index (κ2) is 3.92. The van der Waals surface area contributed by atoms with Crippen molar-refractivity contribution in [1.82, 2.24) is 0 Å². The van der Waals surface area contributed by atoms with Gasteiger partial charge in [0.05, 0.1) is 6.07 Å². The zero-order chi connectivity index (χ0) is 8.97. The number of rotatable bonds is 3. The van der Waals surface area contributed by atoms with Gasteiger partial charge in [-0.25, -0.2) is 0 Å². The molecule has 0 saturated heterocycles. The molecule has 12 heavy (non-hydrogen) atoms. The third kappa shape index (κ3) is 2.39. The Morgan fingerprint density at radius 1 is 1.50 bits per heavy atom. The average Bonchev–Trinajstić information content (AvgIpc) is 2.89. The minimum atomic E-state index is 0.581. The molecule has 0 aromatic carbocycles. The lowest BCUT2D eigenvalue weighted by atomic mass is 10.1. The van der Waals surface area contributed by atoms with Crippen LogP contribution in [-0.4, -0.2) is 0 Å². The van der Waals surface area contributed by atoms with E-state index in [1.807, 2.05) is 13.0 Å². The van der Waals surface area contributed by atoms with Gasteiger partial charge in [0, 0.05) is 11.5 Å². The minimum Gasteiger partial charge on any atom is -0.193 e. The van der Waals surface area contributed by atoms with Crippen LogP contribution in [0.2, 0.25) is 0 Å². The van der Waals surface area contributed by atoms with Crippen LogP contribution in [-0.2, 0) is 0 Å². The monoisotopic (exact) mass is 159 g/mol. The van der Waals surface area contributed by atoms with Gasteiger partial charge in [0.25, 0.3) is 0 Å². The molecule has 1 heteroatoms. The quantitative estimate of drug-likeness (QED) is 0.353. The van der Waals surface area contributed by atoms with Crippen molar-refractivity contribution in [1.29, 1.82) is 5.26 Å². The Balaban J connectivity index is 2.59. The molecule has 1 aliphatic rings. The van der Waals surface area contributed by atoms with Crippen LogP contribution in [0, 0.1) is 17.2 Å². The SMILES string of the molecule is CC/C(=C/C=C(\C)C#N)C1C=C1. The zero-order valence-electron chi connectivity index (χ0n) is 7.54. The number of nitriles is 1. The first kappa shape index (κ1) is 8.80. The zero-order valence-corrected chi connectivity index (χ0v) is 7.54. The maximum atomic E-state index is 8.51. The Hall–Kier alpha value is -1.29. The number of hydrogen-bond acceptors (Lipinski definition) is 1. The number of hydrogen-bond donors (Lipinski definition) is 0. The first-order valence-corrected chi connectivity index (χ1v) is 4.23. The van der Waals surface area contributed by atoms with Gasteiger partial charge in [-0.15, -0.1) is 0 Å². The molecule has 0 N–H and O–H groups in total. The van der Waals surface area contributed by atoms with Crippen molar-refractivity contribution in [2.45, 2.75) is 20.3 Å². The van der Waals surface area contributed by atoms with Crippen LogP contribution in [0.25, 0.3) is 0 Å². The molecule has 0 saturated carbocycles. The van der Waals surface area contributed by atoms with Gasteiger partial charge in [-0.1, -0.05) is 30.7 Å². The molecule has 0 aliphatic heterocycles. The molecular weight excluding hydrogens is 146 g/mol. The van der Waals surface area contributed by atoms with Crippen LogP contribution in [0.1, 0.15) is 20.3 Å². The Labute approximate surface area is 73.7 Å². The van der Waals surface area contributed by atoms with Crippen LogP contribution < -0.4 is 0 Å². The summed E-state index contributed by atoms with van der Waals surface area (Å²) in [6.45, 7) is 3.96. The molecule has 0 bridgehead atoms. The average molecular weight is 159 g/mol. The standard InChI is InChI=1S/C11H13N/c1-3-10(11-6-7-11)5-4-9(2)8-12/h4-7,11H,3H2,1-2H3/b9-4+,10-5-. The summed E-state index contributed by atoms with van der Waals surface area (Å²) in [5, 5.41) is 8.51. The summed E-state index contributed by atoms with van der Waals surface area (Å²) in [4.78, 5) is 0. The van der Waals surface area contributed by atoms with Crippen LogP contribution >= 0.6 is 0 Å². The molecule has 0 atom stereocenters. The second-order valence-corrected chi connectivity index (χ2v) is 2.97. The molecule has 62 valence electrons. The van der Waals surface area contributed by atoms with Gasteiger partial charge < -0.3 is 0 Å². The van der Waals surface area contributed by atoms with Crippen LogP contribution in [0.5, 0.6) is 0 Å². The molecular formula is C11H13N. The van der Waals surface area contributed by atoms with Crippen molar-refractivity contribution in [2.75, 3.05) is 0 Å². The maximum absolute atomic E-state index is 8.51. The van der Waals surface area contributed by atoms with E-state index in [9.17, 15) is 0 Å². The maximum Gasteiger partial charge on any atom is 0.0944 e. The fraction of sp³-hybridized carbons (Fsp3) is 0.364. The van der Waals surface area contributed by atoms with Crippen molar-refractivity contribution < 1.29 is 0 Å². The van der Waals surface area contributed by atoms with Crippen molar-refractivity contribution in [2.24, 2.45) is 5.92 Å². The lowest BCUT2D eigenvalue weighted by Gasteiger charge is -1.98. The van der Waals surface area contributed by atoms with E-state index in [4.69, 9.17) is 5.26 Å². The fourth-order valence-corrected chi connectivity index (χ4v) is 1.04. The van der Waals surface area contributed by atoms with Crippen molar-refractivity contribution >= 4 is 0 Å². The molecule has 0 aromatic rings. The first-order valence-electron chi connectivity index (χ1n) is 4.23. The molecule has 0 radical (unpaired) electrons. The van der Waals surface area contributed by atoms with E-state index in [-0.39, 0.29) is 0 Å². The molecule has 0 fully saturated rings. The van der Waals surface area contributed by atoms with E-state index in [1.165, 1.54) is 5.57 Å². The Bertz CT molecular complexity index is 281. The lowest BCUT2D eigenvalue weighted by Crippen LogP contribution is -1.83. The van der Waals surface area contributed by atoms with Gasteiger partial charge in [0.1, 0.15) is 0 Å². The summed E-state index contributed by atoms with van der Waals surface area (Å²) in [5.41, 5.74) is 2.16. The normalized spacial score (nSPS) is 17.8. The Kier molecular flexibility index (Phi) is 2.88. The van der Waals surface area contributed by atoms with E-state index in [2.05, 4.69) is 31.2 Å². The van der Waals surface area contributed by atoms with Crippen LogP contribution in [0.15, 0.2) is 35.5 Å². The van der Waals surface area contributed by atoms with Gasteiger partial charge in [0.2, 0.25) is 0 Å². The number of nitrogens with zero attached hydrogens (tertiary/aromatic N) is 1. The first-order chi connectivity index (χ1) is 5.77. The smallest absolute Gasteiger partial charge is 0.0944 e. The van der Waals surface area contributed by atoms with Gasteiger partial charge >= 0.3 is 0 Å². The highest BCUT2D eigenvalue weighted by Gasteiger charge is 2.13. The largest absolute Gasteiger partial charge is 0.193 e. The van der Waals surface area contributed by atoms with Gasteiger partial charge in [-0.3, -0.25) is 0 Å². The molecule has 0 amide bonds. The molecule has 0 heterocycles. The van der Waals surface area contributed by atoms with E-state index in [1.54, 1.807) is 0 Å². The number of allylic oxidation sites excluding steroid dienone is 6. The molecule has 1 rings (SSSR count). The van der Waals surface area contributed by atoms with Crippen molar-refractivity contribution in [3.63, 3.8) is 0 Å². The van der Waals surface area contributed by atoms with E-state index >= 15 is 0 Å². The van der Waals surface area contributed by atoms with Gasteiger partial charge in [-0.2, -0.15) is 5.26 Å². The Morgan fingerprint density at radius 2 is 2.17 bits per heavy atom. The Morgan fingerprint density at radius 3 is 2.58 bits per heavy atom. The van der Waals surface area contributed by atoms with E-state index in [0.29, 0.717) is 5.92 Å². The third-order valence-corrected chi connectivity index (χ3v) is 1.95. The van der Waals surface area contributed by atoms with E-state index in [0.717, 1.165) is 12.0 Å². The second-order valence-electron chi connectivity index (χ2n) is 2.97. The van der Waals surface area contributed by atoms with Gasteiger partial charge in [-0.05, 0) is 19.4 Å². The summed E-state index contributed by atoms with van der Waals surface area (Å²) < 4.78 is 0. The van der Waals surface area contributed by atoms with Gasteiger partial charge in [0.15, 0.2) is 0 Å². The fourth-order valence-electron chi connectivity index (χ4n) is 1.04. The predicted molar refractivity (Wildman–Crippen MR) is 50.4 cm³/mol. The predicted octanol–water partition coefficient (Wildman–Crippen LogP) is 2.98. The highest BCUT2D eigenvalue weighted by Crippen LogP contribution is 2.27. The van der Waals surface area contributed by atoms with Crippen molar-refractivity contribution in [3.05, 3.63) is 35.5 Å². The summed E-state index contributed by atoms with van der Waals surface area (Å²) >= 11 is 0. The van der Waals surface area contributed by atoms with Crippen LogP contribution in [0.4, 0.5) is 0 Å². The lowest BCUT2D eigenvalue weighted by molar-refractivity contribution is 0.968. The minimum absolute atomic E-state index is 0.581. The topological polar surface area (TPSA) is 23.8 Å². The summed E-state index contributed by atoms with van der Waals surface area (Å²) in [7, 11) is 0. The molecule has 0 spiro atoms. The molecule has 1 aliphatic carbocycles. The van der Waals surface area contributed by atoms with E-state index < -0.39 is 0 Å². The molecule has 0 unspecified atom stereocenters. The van der Waals surface area contributed by atoms with Crippen molar-refractivity contribution in [3.8, 4) is 6.07 Å².